The van der Waals surface area contributed by atoms with Crippen molar-refractivity contribution in [3.63, 3.8) is 0 Å². The number of aromatic nitrogens is 4. The summed E-state index contributed by atoms with van der Waals surface area (Å²) in [5.74, 6) is -0.300. The zero-order valence-electron chi connectivity index (χ0n) is 12.1. The third-order valence-corrected chi connectivity index (χ3v) is 4.26. The van der Waals surface area contributed by atoms with Crippen LogP contribution >= 0.6 is 15.9 Å². The Bertz CT molecular complexity index is 936. The zero-order valence-corrected chi connectivity index (χ0v) is 13.7. The van der Waals surface area contributed by atoms with E-state index < -0.39 is 17.5 Å². The Hall–Kier alpha value is -2.00. The SMILES string of the molecule is C[C@H]1C=C(Br)C(=O)[C@H](n2cnc3c(=O)n(C)c(=O)n(C)c32)O1. The molecule has 1 aliphatic rings. The summed E-state index contributed by atoms with van der Waals surface area (Å²) in [6.45, 7) is 1.79. The number of fused-ring (bicyclic) bond motifs is 1. The average Bonchev–Trinajstić information content (AvgIpc) is 2.91. The van der Waals surface area contributed by atoms with Crippen LogP contribution in [0.2, 0.25) is 0 Å². The monoisotopic (exact) mass is 368 g/mol. The molecule has 0 spiro atoms. The van der Waals surface area contributed by atoms with Gasteiger partial charge in [-0.1, -0.05) is 0 Å². The number of ether oxygens (including phenoxy) is 1. The molecule has 3 rings (SSSR count). The van der Waals surface area contributed by atoms with Gasteiger partial charge in [0.15, 0.2) is 11.2 Å². The molecule has 8 nitrogen and oxygen atoms in total. The van der Waals surface area contributed by atoms with Gasteiger partial charge in [-0.15, -0.1) is 0 Å². The van der Waals surface area contributed by atoms with Crippen LogP contribution in [0.3, 0.4) is 0 Å². The maximum absolute atomic E-state index is 12.3. The Balaban J connectivity index is 2.30. The third kappa shape index (κ3) is 2.00. The van der Waals surface area contributed by atoms with E-state index in [4.69, 9.17) is 4.74 Å². The minimum Gasteiger partial charge on any atom is -0.343 e. The highest BCUT2D eigenvalue weighted by Gasteiger charge is 2.32. The van der Waals surface area contributed by atoms with Crippen molar-refractivity contribution in [1.29, 1.82) is 0 Å². The molecule has 2 aromatic heterocycles. The Morgan fingerprint density at radius 3 is 2.59 bits per heavy atom. The minimum absolute atomic E-state index is 0.110. The fourth-order valence-corrected chi connectivity index (χ4v) is 3.04. The lowest BCUT2D eigenvalue weighted by molar-refractivity contribution is -0.136. The number of ketones is 1. The van der Waals surface area contributed by atoms with Gasteiger partial charge in [0, 0.05) is 14.1 Å². The number of Topliss-reactive ketones (excluding diaryl/α,β-unsaturated/α-hetero) is 1. The molecule has 3 heterocycles. The van der Waals surface area contributed by atoms with Crippen LogP contribution in [0.1, 0.15) is 13.2 Å². The van der Waals surface area contributed by atoms with Crippen molar-refractivity contribution in [2.45, 2.75) is 19.3 Å². The van der Waals surface area contributed by atoms with E-state index in [0.29, 0.717) is 4.48 Å². The van der Waals surface area contributed by atoms with Gasteiger partial charge in [0.2, 0.25) is 12.0 Å². The van der Waals surface area contributed by atoms with Crippen LogP contribution < -0.4 is 11.2 Å². The summed E-state index contributed by atoms with van der Waals surface area (Å²) in [7, 11) is 2.90. The largest absolute Gasteiger partial charge is 0.343 e. The second-order valence-corrected chi connectivity index (χ2v) is 5.96. The van der Waals surface area contributed by atoms with Gasteiger partial charge in [0.1, 0.15) is 0 Å². The predicted octanol–water partition coefficient (Wildman–Crippen LogP) is 0.199. The van der Waals surface area contributed by atoms with Crippen molar-refractivity contribution in [3.05, 3.63) is 37.7 Å². The summed E-state index contributed by atoms with van der Waals surface area (Å²) in [5, 5.41) is 0. The van der Waals surface area contributed by atoms with E-state index in [0.717, 1.165) is 4.57 Å². The zero-order chi connectivity index (χ0) is 16.2. The molecule has 0 saturated heterocycles. The molecule has 0 radical (unpaired) electrons. The number of hydrogen-bond donors (Lipinski definition) is 0. The molecule has 0 bridgehead atoms. The topological polar surface area (TPSA) is 88.1 Å². The molecule has 2 aromatic rings. The minimum atomic E-state index is -0.975. The van der Waals surface area contributed by atoms with E-state index in [9.17, 15) is 14.4 Å². The quantitative estimate of drug-likeness (QED) is 0.717. The van der Waals surface area contributed by atoms with Crippen molar-refractivity contribution in [2.24, 2.45) is 14.1 Å². The van der Waals surface area contributed by atoms with Crippen LogP contribution in [0.25, 0.3) is 11.2 Å². The molecule has 9 heteroatoms. The molecular formula is C13H13BrN4O4. The first-order chi connectivity index (χ1) is 10.3. The van der Waals surface area contributed by atoms with Crippen molar-refractivity contribution in [2.75, 3.05) is 0 Å². The van der Waals surface area contributed by atoms with Crippen molar-refractivity contribution < 1.29 is 9.53 Å². The highest BCUT2D eigenvalue weighted by molar-refractivity contribution is 9.12. The van der Waals surface area contributed by atoms with Crippen molar-refractivity contribution >= 4 is 32.9 Å². The van der Waals surface area contributed by atoms with E-state index in [2.05, 4.69) is 20.9 Å². The highest BCUT2D eigenvalue weighted by atomic mass is 79.9. The summed E-state index contributed by atoms with van der Waals surface area (Å²) >= 11 is 3.21. The van der Waals surface area contributed by atoms with Gasteiger partial charge < -0.3 is 4.74 Å². The van der Waals surface area contributed by atoms with Gasteiger partial charge in [0.25, 0.3) is 5.56 Å². The molecular weight excluding hydrogens is 356 g/mol. The van der Waals surface area contributed by atoms with Crippen molar-refractivity contribution in [3.8, 4) is 0 Å². The number of halogens is 1. The lowest BCUT2D eigenvalue weighted by atomic mass is 10.2. The summed E-state index contributed by atoms with van der Waals surface area (Å²) < 4.78 is 9.68. The Labute approximate surface area is 132 Å². The van der Waals surface area contributed by atoms with Crippen molar-refractivity contribution in [1.82, 2.24) is 18.7 Å². The van der Waals surface area contributed by atoms with Crippen LogP contribution in [-0.2, 0) is 23.6 Å². The van der Waals surface area contributed by atoms with E-state index in [1.807, 2.05) is 0 Å². The molecule has 0 saturated carbocycles. The number of carbonyl (C=O) groups excluding carboxylic acids is 1. The normalized spacial score (nSPS) is 22.2. The summed E-state index contributed by atoms with van der Waals surface area (Å²) in [4.78, 5) is 40.6. The van der Waals surface area contributed by atoms with Crippen LogP contribution in [-0.4, -0.2) is 30.6 Å². The van der Waals surface area contributed by atoms with Gasteiger partial charge in [-0.3, -0.25) is 23.3 Å². The third-order valence-electron chi connectivity index (χ3n) is 3.60. The number of carbonyl (C=O) groups is 1. The van der Waals surface area contributed by atoms with Crippen LogP contribution in [0, 0.1) is 0 Å². The molecule has 2 atom stereocenters. The van der Waals surface area contributed by atoms with E-state index in [1.165, 1.54) is 29.6 Å². The van der Waals surface area contributed by atoms with E-state index in [-0.39, 0.29) is 23.1 Å². The second kappa shape index (κ2) is 5.03. The smallest absolute Gasteiger partial charge is 0.332 e. The highest BCUT2D eigenvalue weighted by Crippen LogP contribution is 2.28. The molecule has 0 fully saturated rings. The molecule has 0 aromatic carbocycles. The van der Waals surface area contributed by atoms with Gasteiger partial charge in [-0.2, -0.15) is 0 Å². The molecule has 0 unspecified atom stereocenters. The number of aryl methyl sites for hydroxylation is 1. The van der Waals surface area contributed by atoms with Gasteiger partial charge in [-0.25, -0.2) is 9.78 Å². The van der Waals surface area contributed by atoms with Gasteiger partial charge >= 0.3 is 5.69 Å². The summed E-state index contributed by atoms with van der Waals surface area (Å²) in [6.07, 6.45) is 1.72. The summed E-state index contributed by atoms with van der Waals surface area (Å²) in [6, 6.07) is 0. The first kappa shape index (κ1) is 14.9. The molecule has 1 aliphatic heterocycles. The molecule has 116 valence electrons. The number of hydrogen-bond acceptors (Lipinski definition) is 5. The Morgan fingerprint density at radius 2 is 1.91 bits per heavy atom. The molecule has 22 heavy (non-hydrogen) atoms. The molecule has 0 N–H and O–H groups in total. The van der Waals surface area contributed by atoms with Crippen LogP contribution in [0.15, 0.2) is 26.5 Å². The van der Waals surface area contributed by atoms with Crippen LogP contribution in [0.4, 0.5) is 0 Å². The molecule has 0 aliphatic carbocycles. The molecule has 0 amide bonds. The van der Waals surface area contributed by atoms with E-state index in [1.54, 1.807) is 13.0 Å². The summed E-state index contributed by atoms with van der Waals surface area (Å²) in [5.41, 5.74) is -0.645. The van der Waals surface area contributed by atoms with E-state index >= 15 is 0 Å². The maximum atomic E-state index is 12.3. The Morgan fingerprint density at radius 1 is 1.23 bits per heavy atom. The number of imidazole rings is 1. The van der Waals surface area contributed by atoms with Gasteiger partial charge in [0.05, 0.1) is 16.9 Å². The average molecular weight is 369 g/mol. The lowest BCUT2D eigenvalue weighted by Crippen LogP contribution is -2.38. The predicted molar refractivity (Wildman–Crippen MR) is 81.8 cm³/mol. The first-order valence-corrected chi connectivity index (χ1v) is 7.31. The lowest BCUT2D eigenvalue weighted by Gasteiger charge is -2.25. The first-order valence-electron chi connectivity index (χ1n) is 6.52. The maximum Gasteiger partial charge on any atom is 0.332 e. The second-order valence-electron chi connectivity index (χ2n) is 5.10. The fraction of sp³-hybridized carbons (Fsp3) is 0.385. The fourth-order valence-electron chi connectivity index (χ4n) is 2.47. The number of rotatable bonds is 1. The van der Waals surface area contributed by atoms with Gasteiger partial charge in [-0.05, 0) is 28.9 Å². The number of nitrogens with zero attached hydrogens (tertiary/aromatic N) is 4. The standard InChI is InChI=1S/C13H13BrN4O4/c1-6-4-7(14)9(19)12(22-6)18-5-15-8-10(18)16(2)13(21)17(3)11(8)20/h4-6,12H,1-3H3/t6-,12+/m0/s1. The Kier molecular flexibility index (Phi) is 3.41. The van der Waals surface area contributed by atoms with Crippen LogP contribution in [0.5, 0.6) is 0 Å².